The summed E-state index contributed by atoms with van der Waals surface area (Å²) in [6.45, 7) is 3.76. The molecule has 0 atom stereocenters. The molecule has 0 aliphatic carbocycles. The van der Waals surface area contributed by atoms with Gasteiger partial charge in [0.05, 0.1) is 5.56 Å². The van der Waals surface area contributed by atoms with E-state index < -0.39 is 11.7 Å². The lowest BCUT2D eigenvalue weighted by atomic mass is 10.1. The van der Waals surface area contributed by atoms with Crippen LogP contribution in [0.25, 0.3) is 0 Å². The van der Waals surface area contributed by atoms with Crippen LogP contribution in [0.15, 0.2) is 24.3 Å². The first-order chi connectivity index (χ1) is 9.18. The highest BCUT2D eigenvalue weighted by Crippen LogP contribution is 2.30. The lowest BCUT2D eigenvalue weighted by Crippen LogP contribution is -2.34. The van der Waals surface area contributed by atoms with Gasteiger partial charge in [0, 0.05) is 12.1 Å². The predicted octanol–water partition coefficient (Wildman–Crippen LogP) is 3.56. The average molecular weight is 304 g/mol. The monoisotopic (exact) mass is 304 g/mol. The van der Waals surface area contributed by atoms with Gasteiger partial charge >= 0.3 is 6.18 Å². The maximum Gasteiger partial charge on any atom is 0.416 e. The van der Waals surface area contributed by atoms with E-state index in [-0.39, 0.29) is 22.6 Å². The van der Waals surface area contributed by atoms with Gasteiger partial charge in [0.15, 0.2) is 5.11 Å². The van der Waals surface area contributed by atoms with Gasteiger partial charge in [0.25, 0.3) is 0 Å². The quantitative estimate of drug-likeness (QED) is 0.839. The molecule has 0 aromatic heterocycles. The Hall–Kier alpha value is -1.63. The van der Waals surface area contributed by atoms with Crippen molar-refractivity contribution in [2.75, 3.05) is 5.32 Å². The van der Waals surface area contributed by atoms with Gasteiger partial charge in [0.1, 0.15) is 0 Å². The van der Waals surface area contributed by atoms with E-state index >= 15 is 0 Å². The van der Waals surface area contributed by atoms with E-state index in [0.717, 1.165) is 12.1 Å². The molecule has 0 heterocycles. The van der Waals surface area contributed by atoms with Crippen LogP contribution < -0.4 is 10.6 Å². The number of thiocarbonyl (C=S) groups is 1. The second-order valence-corrected chi connectivity index (χ2v) is 5.09. The van der Waals surface area contributed by atoms with E-state index in [9.17, 15) is 18.0 Å². The van der Waals surface area contributed by atoms with Gasteiger partial charge in [0.2, 0.25) is 5.91 Å². The van der Waals surface area contributed by atoms with E-state index in [1.54, 1.807) is 0 Å². The number of nitrogens with one attached hydrogen (secondary N) is 2. The fourth-order valence-corrected chi connectivity index (χ4v) is 1.72. The third-order valence-electron chi connectivity index (χ3n) is 2.29. The van der Waals surface area contributed by atoms with E-state index in [4.69, 9.17) is 12.2 Å². The minimum Gasteiger partial charge on any atom is -0.332 e. The van der Waals surface area contributed by atoms with Crippen LogP contribution >= 0.6 is 12.2 Å². The first-order valence-electron chi connectivity index (χ1n) is 5.96. The Bertz CT molecular complexity index is 501. The number of benzene rings is 1. The molecule has 20 heavy (non-hydrogen) atoms. The summed E-state index contributed by atoms with van der Waals surface area (Å²) in [7, 11) is 0. The number of alkyl halides is 3. The van der Waals surface area contributed by atoms with Crippen molar-refractivity contribution in [3.8, 4) is 0 Å². The van der Waals surface area contributed by atoms with E-state index in [1.165, 1.54) is 12.1 Å². The van der Waals surface area contributed by atoms with Crippen molar-refractivity contribution in [1.29, 1.82) is 0 Å². The van der Waals surface area contributed by atoms with Gasteiger partial charge in [-0.3, -0.25) is 4.79 Å². The number of amides is 1. The summed E-state index contributed by atoms with van der Waals surface area (Å²) in [5.74, 6) is -0.101. The number of hydrogen-bond donors (Lipinski definition) is 2. The van der Waals surface area contributed by atoms with E-state index in [2.05, 4.69) is 10.6 Å². The van der Waals surface area contributed by atoms with E-state index in [1.807, 2.05) is 13.8 Å². The van der Waals surface area contributed by atoms with Crippen molar-refractivity contribution in [3.05, 3.63) is 29.8 Å². The molecule has 0 aliphatic rings. The number of hydrogen-bond acceptors (Lipinski definition) is 2. The summed E-state index contributed by atoms with van der Waals surface area (Å²) in [5.41, 5.74) is -0.603. The normalized spacial score (nSPS) is 11.3. The van der Waals surface area contributed by atoms with Crippen LogP contribution in [0.5, 0.6) is 0 Å². The number of rotatable bonds is 3. The molecule has 0 spiro atoms. The Morgan fingerprint density at radius 3 is 2.55 bits per heavy atom. The minimum absolute atomic E-state index is 0.0185. The van der Waals surface area contributed by atoms with Crippen molar-refractivity contribution in [3.63, 3.8) is 0 Å². The maximum atomic E-state index is 12.5. The second kappa shape index (κ2) is 6.69. The first kappa shape index (κ1) is 16.4. The first-order valence-corrected chi connectivity index (χ1v) is 6.37. The van der Waals surface area contributed by atoms with Gasteiger partial charge in [-0.05, 0) is 36.3 Å². The Kier molecular flexibility index (Phi) is 5.50. The lowest BCUT2D eigenvalue weighted by molar-refractivity contribution is -0.137. The largest absolute Gasteiger partial charge is 0.416 e. The summed E-state index contributed by atoms with van der Waals surface area (Å²) >= 11 is 4.88. The van der Waals surface area contributed by atoms with Crippen molar-refractivity contribution < 1.29 is 18.0 Å². The fraction of sp³-hybridized carbons (Fsp3) is 0.385. The number of halogens is 3. The molecule has 3 nitrogen and oxygen atoms in total. The molecular weight excluding hydrogens is 289 g/mol. The highest BCUT2D eigenvalue weighted by Gasteiger charge is 2.30. The molecule has 1 amide bonds. The summed E-state index contributed by atoms with van der Waals surface area (Å²) in [6, 6.07) is 4.60. The Labute approximate surface area is 120 Å². The van der Waals surface area contributed by atoms with Crippen LogP contribution in [0.2, 0.25) is 0 Å². The molecule has 0 unspecified atom stereocenters. The molecular formula is C13H15F3N2OS. The topological polar surface area (TPSA) is 41.1 Å². The van der Waals surface area contributed by atoms with Gasteiger partial charge in [-0.15, -0.1) is 0 Å². The lowest BCUT2D eigenvalue weighted by Gasteiger charge is -2.12. The van der Waals surface area contributed by atoms with Crippen molar-refractivity contribution >= 4 is 28.9 Å². The minimum atomic E-state index is -4.42. The maximum absolute atomic E-state index is 12.5. The molecule has 1 aromatic rings. The van der Waals surface area contributed by atoms with Crippen molar-refractivity contribution in [2.45, 2.75) is 26.4 Å². The highest BCUT2D eigenvalue weighted by atomic mass is 32.1. The zero-order valence-corrected chi connectivity index (χ0v) is 11.9. The van der Waals surface area contributed by atoms with Gasteiger partial charge in [-0.1, -0.05) is 19.9 Å². The molecule has 1 rings (SSSR count). The van der Waals surface area contributed by atoms with Crippen LogP contribution in [-0.2, 0) is 11.0 Å². The molecule has 7 heteroatoms. The standard InChI is InChI=1S/C13H15F3N2OS/c1-8(2)6-11(19)18-12(20)17-10-5-3-4-9(7-10)13(14,15)16/h3-5,7-8H,6H2,1-2H3,(H2,17,18,19,20). The van der Waals surface area contributed by atoms with Gasteiger partial charge in [-0.25, -0.2) is 0 Å². The van der Waals surface area contributed by atoms with Gasteiger partial charge < -0.3 is 10.6 Å². The zero-order valence-electron chi connectivity index (χ0n) is 11.0. The van der Waals surface area contributed by atoms with E-state index in [0.29, 0.717) is 6.42 Å². The van der Waals surface area contributed by atoms with Crippen molar-refractivity contribution in [2.24, 2.45) is 5.92 Å². The number of anilines is 1. The SMILES string of the molecule is CC(C)CC(=O)NC(=S)Nc1cccc(C(F)(F)F)c1. The molecule has 0 saturated carbocycles. The molecule has 0 fully saturated rings. The highest BCUT2D eigenvalue weighted by molar-refractivity contribution is 7.80. The Morgan fingerprint density at radius 2 is 2.00 bits per heavy atom. The number of carbonyl (C=O) groups excluding carboxylic acids is 1. The zero-order chi connectivity index (χ0) is 15.3. The van der Waals surface area contributed by atoms with Crippen LogP contribution in [0.4, 0.5) is 18.9 Å². The molecule has 0 radical (unpaired) electrons. The Morgan fingerprint density at radius 1 is 1.35 bits per heavy atom. The smallest absolute Gasteiger partial charge is 0.332 e. The predicted molar refractivity (Wildman–Crippen MR) is 75.3 cm³/mol. The fourth-order valence-electron chi connectivity index (χ4n) is 1.48. The molecule has 1 aromatic carbocycles. The average Bonchev–Trinajstić information content (AvgIpc) is 2.26. The Balaban J connectivity index is 2.65. The van der Waals surface area contributed by atoms with Crippen LogP contribution in [0, 0.1) is 5.92 Å². The third-order valence-corrected chi connectivity index (χ3v) is 2.50. The molecule has 0 saturated heterocycles. The van der Waals surface area contributed by atoms with Crippen molar-refractivity contribution in [1.82, 2.24) is 5.32 Å². The number of carbonyl (C=O) groups is 1. The summed E-state index contributed by atoms with van der Waals surface area (Å²) < 4.78 is 37.6. The van der Waals surface area contributed by atoms with Crippen LogP contribution in [0.3, 0.4) is 0 Å². The molecule has 110 valence electrons. The molecule has 2 N–H and O–H groups in total. The molecule has 0 bridgehead atoms. The summed E-state index contributed by atoms with van der Waals surface area (Å²) in [6.07, 6.45) is -4.12. The third kappa shape index (κ3) is 5.56. The van der Waals surface area contributed by atoms with Crippen LogP contribution in [-0.4, -0.2) is 11.0 Å². The summed E-state index contributed by atoms with van der Waals surface area (Å²) in [5, 5.41) is 4.96. The van der Waals surface area contributed by atoms with Gasteiger partial charge in [-0.2, -0.15) is 13.2 Å². The summed E-state index contributed by atoms with van der Waals surface area (Å²) in [4.78, 5) is 11.5. The van der Waals surface area contributed by atoms with Crippen LogP contribution in [0.1, 0.15) is 25.8 Å². The molecule has 0 aliphatic heterocycles. The second-order valence-electron chi connectivity index (χ2n) is 4.68.